The summed E-state index contributed by atoms with van der Waals surface area (Å²) in [5.74, 6) is 2.94. The van der Waals surface area contributed by atoms with Crippen molar-refractivity contribution in [1.82, 2.24) is 15.1 Å². The van der Waals surface area contributed by atoms with E-state index in [1.54, 1.807) is 0 Å². The van der Waals surface area contributed by atoms with Gasteiger partial charge in [0.25, 0.3) is 0 Å². The molecule has 0 aromatic carbocycles. The third kappa shape index (κ3) is 3.21. The van der Waals surface area contributed by atoms with Crippen LogP contribution in [0, 0.1) is 12.3 Å². The number of carbonyl (C=O) groups excluding carboxylic acids is 1. The molecule has 2 fully saturated rings. The van der Waals surface area contributed by atoms with Gasteiger partial charge in [0, 0.05) is 26.2 Å². The predicted molar refractivity (Wildman–Crippen MR) is 67.5 cm³/mol. The molecule has 0 bridgehead atoms. The molecule has 2 saturated heterocycles. The fourth-order valence-electron chi connectivity index (χ4n) is 2.54. The summed E-state index contributed by atoms with van der Waals surface area (Å²) in [6.45, 7) is 5.12. The zero-order valence-corrected chi connectivity index (χ0v) is 10.3. The summed E-state index contributed by atoms with van der Waals surface area (Å²) >= 11 is 0. The van der Waals surface area contributed by atoms with E-state index in [0.29, 0.717) is 6.54 Å². The van der Waals surface area contributed by atoms with Gasteiger partial charge in [-0.1, -0.05) is 12.3 Å². The van der Waals surface area contributed by atoms with Gasteiger partial charge in [0.15, 0.2) is 0 Å². The molecule has 1 atom stereocenters. The van der Waals surface area contributed by atoms with Crippen molar-refractivity contribution >= 4 is 5.91 Å². The van der Waals surface area contributed by atoms with Gasteiger partial charge < -0.3 is 10.2 Å². The van der Waals surface area contributed by atoms with E-state index in [2.05, 4.69) is 16.1 Å². The minimum atomic E-state index is 0.0583. The first kappa shape index (κ1) is 12.4. The van der Waals surface area contributed by atoms with E-state index >= 15 is 0 Å². The van der Waals surface area contributed by atoms with Gasteiger partial charge in [0.2, 0.25) is 5.91 Å². The first-order valence-corrected chi connectivity index (χ1v) is 6.49. The van der Waals surface area contributed by atoms with Crippen molar-refractivity contribution in [2.24, 2.45) is 0 Å². The molecular weight excluding hydrogens is 214 g/mol. The highest BCUT2D eigenvalue weighted by molar-refractivity contribution is 5.82. The molecule has 4 nitrogen and oxygen atoms in total. The molecule has 0 aromatic rings. The lowest BCUT2D eigenvalue weighted by Gasteiger charge is -2.36. The molecule has 0 spiro atoms. The van der Waals surface area contributed by atoms with Crippen molar-refractivity contribution in [3.8, 4) is 12.3 Å². The second-order valence-electron chi connectivity index (χ2n) is 4.81. The van der Waals surface area contributed by atoms with Crippen LogP contribution >= 0.6 is 0 Å². The lowest BCUT2D eigenvalue weighted by atomic mass is 10.0. The van der Waals surface area contributed by atoms with E-state index in [1.165, 1.54) is 12.8 Å². The van der Waals surface area contributed by atoms with Gasteiger partial charge >= 0.3 is 0 Å². The third-order valence-electron chi connectivity index (χ3n) is 3.61. The number of terminal acetylenes is 1. The maximum Gasteiger partial charge on any atom is 0.239 e. The molecule has 2 aliphatic heterocycles. The highest BCUT2D eigenvalue weighted by atomic mass is 16.2. The molecular formula is C13H21N3O. The minimum absolute atomic E-state index is 0.0583. The van der Waals surface area contributed by atoms with Gasteiger partial charge in [-0.05, 0) is 19.4 Å². The minimum Gasteiger partial charge on any atom is -0.339 e. The second-order valence-corrected chi connectivity index (χ2v) is 4.81. The molecule has 17 heavy (non-hydrogen) atoms. The van der Waals surface area contributed by atoms with E-state index in [-0.39, 0.29) is 11.9 Å². The highest BCUT2D eigenvalue weighted by Gasteiger charge is 2.27. The summed E-state index contributed by atoms with van der Waals surface area (Å²) in [5, 5.41) is 3.32. The average molecular weight is 235 g/mol. The molecule has 1 N–H and O–H groups in total. The summed E-state index contributed by atoms with van der Waals surface area (Å²) in [5.41, 5.74) is 0. The predicted octanol–water partition coefficient (Wildman–Crippen LogP) is -0.0941. The summed E-state index contributed by atoms with van der Waals surface area (Å²) in [7, 11) is 0. The van der Waals surface area contributed by atoms with Crippen LogP contribution in [0.3, 0.4) is 0 Å². The molecule has 1 unspecified atom stereocenters. The van der Waals surface area contributed by atoms with Crippen LogP contribution in [0.4, 0.5) is 0 Å². The fraction of sp³-hybridized carbons (Fsp3) is 0.769. The number of nitrogens with zero attached hydrogens (tertiary/aromatic N) is 2. The molecule has 0 saturated carbocycles. The standard InChI is InChI=1S/C13H21N3O/c1-2-7-15-8-10-16(11-9-15)13(17)12-5-3-4-6-14-12/h1,12,14H,3-11H2. The lowest BCUT2D eigenvalue weighted by molar-refractivity contribution is -0.135. The Morgan fingerprint density at radius 2 is 2.06 bits per heavy atom. The summed E-state index contributed by atoms with van der Waals surface area (Å²) in [6, 6.07) is 0.0583. The van der Waals surface area contributed by atoms with E-state index in [1.807, 2.05) is 4.90 Å². The lowest BCUT2D eigenvalue weighted by Crippen LogP contribution is -2.55. The fourth-order valence-corrected chi connectivity index (χ4v) is 2.54. The third-order valence-corrected chi connectivity index (χ3v) is 3.61. The van der Waals surface area contributed by atoms with Crippen LogP contribution in [0.5, 0.6) is 0 Å². The quantitative estimate of drug-likeness (QED) is 0.679. The van der Waals surface area contributed by atoms with E-state index in [4.69, 9.17) is 6.42 Å². The number of piperazine rings is 1. The summed E-state index contributed by atoms with van der Waals surface area (Å²) < 4.78 is 0. The van der Waals surface area contributed by atoms with Crippen molar-refractivity contribution < 1.29 is 4.79 Å². The number of rotatable bonds is 2. The van der Waals surface area contributed by atoms with Crippen LogP contribution in [0.15, 0.2) is 0 Å². The molecule has 0 aromatic heterocycles. The molecule has 0 aliphatic carbocycles. The Morgan fingerprint density at radius 1 is 1.29 bits per heavy atom. The van der Waals surface area contributed by atoms with E-state index in [0.717, 1.165) is 39.1 Å². The van der Waals surface area contributed by atoms with Gasteiger partial charge in [-0.3, -0.25) is 9.69 Å². The summed E-state index contributed by atoms with van der Waals surface area (Å²) in [4.78, 5) is 16.4. The first-order chi connectivity index (χ1) is 8.31. The van der Waals surface area contributed by atoms with Crippen molar-refractivity contribution in [2.45, 2.75) is 25.3 Å². The SMILES string of the molecule is C#CCN1CCN(C(=O)C2CCCCN2)CC1. The van der Waals surface area contributed by atoms with Crippen molar-refractivity contribution in [3.63, 3.8) is 0 Å². The zero-order valence-electron chi connectivity index (χ0n) is 10.3. The van der Waals surface area contributed by atoms with Crippen LogP contribution < -0.4 is 5.32 Å². The van der Waals surface area contributed by atoms with Crippen LogP contribution in [0.2, 0.25) is 0 Å². The highest BCUT2D eigenvalue weighted by Crippen LogP contribution is 2.11. The molecule has 2 heterocycles. The van der Waals surface area contributed by atoms with E-state index < -0.39 is 0 Å². The zero-order chi connectivity index (χ0) is 12.1. The Labute approximate surface area is 103 Å². The molecule has 1 amide bonds. The smallest absolute Gasteiger partial charge is 0.239 e. The Morgan fingerprint density at radius 3 is 2.65 bits per heavy atom. The van der Waals surface area contributed by atoms with Crippen LogP contribution in [0.1, 0.15) is 19.3 Å². The first-order valence-electron chi connectivity index (χ1n) is 6.49. The molecule has 2 aliphatic rings. The molecule has 4 heteroatoms. The Hall–Kier alpha value is -1.05. The second kappa shape index (κ2) is 6.04. The number of piperidine rings is 1. The van der Waals surface area contributed by atoms with Gasteiger partial charge in [-0.25, -0.2) is 0 Å². The van der Waals surface area contributed by atoms with Crippen LogP contribution in [-0.2, 0) is 4.79 Å². The normalized spacial score (nSPS) is 26.5. The maximum absolute atomic E-state index is 12.2. The van der Waals surface area contributed by atoms with Crippen molar-refractivity contribution in [3.05, 3.63) is 0 Å². The number of carbonyl (C=O) groups is 1. The van der Waals surface area contributed by atoms with Gasteiger partial charge in [-0.2, -0.15) is 0 Å². The average Bonchev–Trinajstić information content (AvgIpc) is 2.40. The monoisotopic (exact) mass is 235 g/mol. The maximum atomic E-state index is 12.2. The number of nitrogens with one attached hydrogen (secondary N) is 1. The van der Waals surface area contributed by atoms with Gasteiger partial charge in [0.1, 0.15) is 0 Å². The Bertz CT molecular complexity index is 296. The molecule has 0 radical (unpaired) electrons. The largest absolute Gasteiger partial charge is 0.339 e. The molecule has 94 valence electrons. The number of hydrogen-bond acceptors (Lipinski definition) is 3. The molecule has 2 rings (SSSR count). The van der Waals surface area contributed by atoms with Gasteiger partial charge in [-0.15, -0.1) is 6.42 Å². The Kier molecular flexibility index (Phi) is 4.41. The van der Waals surface area contributed by atoms with E-state index in [9.17, 15) is 4.79 Å². The van der Waals surface area contributed by atoms with Gasteiger partial charge in [0.05, 0.1) is 12.6 Å². The number of amides is 1. The Balaban J connectivity index is 1.79. The topological polar surface area (TPSA) is 35.6 Å². The summed E-state index contributed by atoms with van der Waals surface area (Å²) in [6.07, 6.45) is 8.64. The number of hydrogen-bond donors (Lipinski definition) is 1. The van der Waals surface area contributed by atoms with Crippen molar-refractivity contribution in [2.75, 3.05) is 39.3 Å². The van der Waals surface area contributed by atoms with Crippen LogP contribution in [-0.4, -0.2) is 61.0 Å². The van der Waals surface area contributed by atoms with Crippen LogP contribution in [0.25, 0.3) is 0 Å². The van der Waals surface area contributed by atoms with Crippen molar-refractivity contribution in [1.29, 1.82) is 0 Å².